The molecule has 0 amide bonds. The minimum Gasteiger partial charge on any atom is -0.487 e. The van der Waals surface area contributed by atoms with Gasteiger partial charge >= 0.3 is 0 Å². The first kappa shape index (κ1) is 26.1. The van der Waals surface area contributed by atoms with Gasteiger partial charge < -0.3 is 20.1 Å². The van der Waals surface area contributed by atoms with Crippen LogP contribution in [0.4, 0.5) is 10.2 Å². The Bertz CT molecular complexity index is 1310. The van der Waals surface area contributed by atoms with Gasteiger partial charge in [0.2, 0.25) is 0 Å². The van der Waals surface area contributed by atoms with Gasteiger partial charge in [-0.1, -0.05) is 29.3 Å². The number of halogens is 3. The number of benzene rings is 2. The van der Waals surface area contributed by atoms with Gasteiger partial charge in [0, 0.05) is 28.4 Å². The number of nitrogens with zero attached hydrogens (tertiary/aromatic N) is 2. The quantitative estimate of drug-likeness (QED) is 0.338. The molecule has 1 aliphatic carbocycles. The molecule has 1 fully saturated rings. The van der Waals surface area contributed by atoms with Gasteiger partial charge in [-0.05, 0) is 101 Å². The summed E-state index contributed by atoms with van der Waals surface area (Å²) in [6, 6.07) is 11.4. The van der Waals surface area contributed by atoms with E-state index < -0.39 is 11.9 Å². The van der Waals surface area contributed by atoms with E-state index in [0.717, 1.165) is 42.6 Å². The fourth-order valence-corrected chi connectivity index (χ4v) is 6.25. The highest BCUT2D eigenvalue weighted by Crippen LogP contribution is 2.44. The predicted octanol–water partition coefficient (Wildman–Crippen LogP) is 7.48. The molecule has 2 aromatic carbocycles. The monoisotopic (exact) mass is 543 g/mol. The molecule has 1 atom stereocenters. The highest BCUT2D eigenvalue weighted by Gasteiger charge is 2.40. The van der Waals surface area contributed by atoms with Crippen molar-refractivity contribution in [1.82, 2.24) is 9.88 Å². The van der Waals surface area contributed by atoms with Crippen molar-refractivity contribution >= 4 is 29.0 Å². The molecule has 0 bridgehead atoms. The lowest BCUT2D eigenvalue weighted by atomic mass is 9.76. The molecule has 5 rings (SSSR count). The Morgan fingerprint density at radius 1 is 1.11 bits per heavy atom. The van der Waals surface area contributed by atoms with Gasteiger partial charge in [0.05, 0.1) is 5.02 Å². The molecule has 196 valence electrons. The molecule has 2 heterocycles. The highest BCUT2D eigenvalue weighted by molar-refractivity contribution is 6.36. The Morgan fingerprint density at radius 2 is 1.86 bits per heavy atom. The number of ether oxygens (including phenoxy) is 2. The first-order valence-corrected chi connectivity index (χ1v) is 13.5. The van der Waals surface area contributed by atoms with E-state index in [1.165, 1.54) is 30.5 Å². The van der Waals surface area contributed by atoms with Crippen molar-refractivity contribution in [2.24, 2.45) is 0 Å². The van der Waals surface area contributed by atoms with Crippen molar-refractivity contribution in [2.45, 2.75) is 63.2 Å². The zero-order chi connectivity index (χ0) is 26.3. The summed E-state index contributed by atoms with van der Waals surface area (Å²) in [5, 5.41) is 0.259. The third-order valence-electron chi connectivity index (χ3n) is 7.84. The first-order valence-electron chi connectivity index (χ1n) is 12.7. The van der Waals surface area contributed by atoms with Gasteiger partial charge in [0.1, 0.15) is 23.3 Å². The summed E-state index contributed by atoms with van der Waals surface area (Å²) < 4.78 is 26.7. The van der Waals surface area contributed by atoms with Gasteiger partial charge in [0.15, 0.2) is 11.6 Å². The number of fused-ring (bicyclic) bond motifs is 1. The van der Waals surface area contributed by atoms with E-state index in [-0.39, 0.29) is 16.4 Å². The number of hydrogen-bond acceptors (Lipinski definition) is 5. The van der Waals surface area contributed by atoms with Crippen LogP contribution in [0, 0.1) is 5.82 Å². The van der Waals surface area contributed by atoms with E-state index in [2.05, 4.69) is 36.1 Å². The highest BCUT2D eigenvalue weighted by atomic mass is 35.5. The minimum absolute atomic E-state index is 0.0413. The van der Waals surface area contributed by atoms with Crippen molar-refractivity contribution in [1.29, 1.82) is 0 Å². The molecule has 2 aliphatic rings. The Labute approximate surface area is 227 Å². The van der Waals surface area contributed by atoms with Crippen molar-refractivity contribution in [3.63, 3.8) is 0 Å². The molecular weight excluding hydrogens is 512 g/mol. The van der Waals surface area contributed by atoms with E-state index in [9.17, 15) is 4.39 Å². The predicted molar refractivity (Wildman–Crippen MR) is 147 cm³/mol. The maximum absolute atomic E-state index is 14.0. The number of pyridine rings is 1. The summed E-state index contributed by atoms with van der Waals surface area (Å²) >= 11 is 12.4. The average molecular weight is 544 g/mol. The summed E-state index contributed by atoms with van der Waals surface area (Å²) in [6.45, 7) is 1.75. The van der Waals surface area contributed by atoms with Crippen LogP contribution in [0.3, 0.4) is 0 Å². The van der Waals surface area contributed by atoms with Crippen LogP contribution in [0.5, 0.6) is 11.5 Å². The standard InChI is InChI=1S/C29H32Cl2FN3O2/c1-17(26-22(30)5-6-23(32)27(26)31)36-25-15-20(16-34-28(25)33)18-4-7-24-19(14-18)8-11-29(37-24)12-9-21(10-13-29)35(2)3/h4-7,14-17,21H,8-13H2,1-3H3,(H2,33,34)/t17-,21?,29?/m1/s1. The Morgan fingerprint density at radius 3 is 2.59 bits per heavy atom. The molecule has 2 N–H and O–H groups in total. The first-order chi connectivity index (χ1) is 17.7. The van der Waals surface area contributed by atoms with Gasteiger partial charge in [-0.15, -0.1) is 0 Å². The number of nitrogen functional groups attached to an aromatic ring is 1. The molecule has 1 aromatic heterocycles. The molecule has 1 aliphatic heterocycles. The maximum atomic E-state index is 14.0. The van der Waals surface area contributed by atoms with Gasteiger partial charge in [0.25, 0.3) is 0 Å². The summed E-state index contributed by atoms with van der Waals surface area (Å²) in [4.78, 5) is 6.67. The third-order valence-corrected chi connectivity index (χ3v) is 8.55. The van der Waals surface area contributed by atoms with E-state index >= 15 is 0 Å². The normalized spacial score (nSPS) is 22.0. The van der Waals surface area contributed by atoms with Crippen LogP contribution in [0.1, 0.15) is 56.3 Å². The van der Waals surface area contributed by atoms with E-state index in [4.69, 9.17) is 38.4 Å². The second kappa shape index (κ2) is 10.3. The average Bonchev–Trinajstić information content (AvgIpc) is 2.88. The van der Waals surface area contributed by atoms with Crippen LogP contribution in [0.25, 0.3) is 11.1 Å². The largest absolute Gasteiger partial charge is 0.487 e. The lowest BCUT2D eigenvalue weighted by Gasteiger charge is -2.44. The summed E-state index contributed by atoms with van der Waals surface area (Å²) in [5.74, 6) is 1.03. The minimum atomic E-state index is -0.634. The van der Waals surface area contributed by atoms with Crippen LogP contribution in [0.2, 0.25) is 10.0 Å². The fraction of sp³-hybridized carbons (Fsp3) is 0.414. The van der Waals surface area contributed by atoms with Crippen LogP contribution >= 0.6 is 23.2 Å². The van der Waals surface area contributed by atoms with Crippen LogP contribution in [-0.2, 0) is 6.42 Å². The fourth-order valence-electron chi connectivity index (χ4n) is 5.57. The lowest BCUT2D eigenvalue weighted by molar-refractivity contribution is -0.00760. The number of nitrogens with two attached hydrogens (primary N) is 1. The van der Waals surface area contributed by atoms with Crippen LogP contribution < -0.4 is 15.2 Å². The van der Waals surface area contributed by atoms with E-state index in [1.54, 1.807) is 13.1 Å². The van der Waals surface area contributed by atoms with Crippen molar-refractivity contribution in [2.75, 3.05) is 19.8 Å². The SMILES string of the molecule is C[C@@H](Oc1cc(-c2ccc3c(c2)CCC2(CCC(N(C)C)CC2)O3)cnc1N)c1c(Cl)ccc(F)c1Cl. The molecule has 1 spiro atoms. The molecule has 8 heteroatoms. The third kappa shape index (κ3) is 5.25. The van der Waals surface area contributed by atoms with Crippen molar-refractivity contribution in [3.05, 3.63) is 69.6 Å². The van der Waals surface area contributed by atoms with Gasteiger partial charge in [-0.2, -0.15) is 0 Å². The van der Waals surface area contributed by atoms with Crippen molar-refractivity contribution < 1.29 is 13.9 Å². The zero-order valence-electron chi connectivity index (χ0n) is 21.4. The van der Waals surface area contributed by atoms with E-state index in [0.29, 0.717) is 22.4 Å². The second-order valence-corrected chi connectivity index (χ2v) is 11.2. The maximum Gasteiger partial charge on any atom is 0.166 e. The van der Waals surface area contributed by atoms with Crippen LogP contribution in [0.15, 0.2) is 42.6 Å². The number of aromatic nitrogens is 1. The number of hydrogen-bond donors (Lipinski definition) is 1. The van der Waals surface area contributed by atoms with Gasteiger partial charge in [-0.3, -0.25) is 0 Å². The van der Waals surface area contributed by atoms with E-state index in [1.807, 2.05) is 12.1 Å². The van der Waals surface area contributed by atoms with Gasteiger partial charge in [-0.25, -0.2) is 9.37 Å². The summed E-state index contributed by atoms with van der Waals surface area (Å²) in [5.41, 5.74) is 9.51. The Balaban J connectivity index is 1.35. The van der Waals surface area contributed by atoms with Crippen molar-refractivity contribution in [3.8, 4) is 22.6 Å². The number of anilines is 1. The lowest BCUT2D eigenvalue weighted by Crippen LogP contribution is -2.46. The molecule has 5 nitrogen and oxygen atoms in total. The summed E-state index contributed by atoms with van der Waals surface area (Å²) in [7, 11) is 4.33. The molecule has 0 radical (unpaired) electrons. The van der Waals surface area contributed by atoms with Crippen LogP contribution in [-0.4, -0.2) is 35.6 Å². The topological polar surface area (TPSA) is 60.6 Å². The smallest absolute Gasteiger partial charge is 0.166 e. The Kier molecular flexibility index (Phi) is 7.27. The number of aryl methyl sites for hydroxylation is 1. The molecular formula is C29H32Cl2FN3O2. The zero-order valence-corrected chi connectivity index (χ0v) is 22.9. The number of rotatable bonds is 5. The molecule has 37 heavy (non-hydrogen) atoms. The second-order valence-electron chi connectivity index (χ2n) is 10.4. The molecule has 3 aromatic rings. The molecule has 0 saturated heterocycles. The molecule has 0 unspecified atom stereocenters. The molecule has 1 saturated carbocycles. The summed E-state index contributed by atoms with van der Waals surface area (Å²) in [6.07, 6.45) is 7.64. The Hall–Kier alpha value is -2.54.